The standard InChI is InChI=1S/C14H18ClN3O3/c1-8-4-3-5-11(8)17-14(19)9-6-10(15)13(16-2)12(7-9)18(20)21/h6-8,11,16H,3-5H2,1-2H3,(H,17,19). The van der Waals surface area contributed by atoms with Crippen LogP contribution in [0.5, 0.6) is 0 Å². The minimum atomic E-state index is -0.549. The van der Waals surface area contributed by atoms with Gasteiger partial charge in [0.05, 0.1) is 9.95 Å². The fourth-order valence-electron chi connectivity index (χ4n) is 2.73. The van der Waals surface area contributed by atoms with Crippen molar-refractivity contribution in [1.29, 1.82) is 0 Å². The van der Waals surface area contributed by atoms with Crippen LogP contribution in [-0.4, -0.2) is 23.9 Å². The number of halogens is 1. The van der Waals surface area contributed by atoms with E-state index in [0.717, 1.165) is 19.3 Å². The van der Waals surface area contributed by atoms with Gasteiger partial charge in [0.25, 0.3) is 11.6 Å². The van der Waals surface area contributed by atoms with E-state index in [0.29, 0.717) is 5.92 Å². The molecule has 1 amide bonds. The number of nitrogens with one attached hydrogen (secondary N) is 2. The second kappa shape index (κ2) is 6.30. The first kappa shape index (κ1) is 15.6. The molecule has 2 atom stereocenters. The van der Waals surface area contributed by atoms with Crippen molar-refractivity contribution in [3.05, 3.63) is 32.8 Å². The molecule has 1 aromatic carbocycles. The van der Waals surface area contributed by atoms with Crippen LogP contribution in [0.4, 0.5) is 11.4 Å². The molecule has 1 saturated carbocycles. The lowest BCUT2D eigenvalue weighted by Crippen LogP contribution is -2.36. The Labute approximate surface area is 128 Å². The van der Waals surface area contributed by atoms with Gasteiger partial charge in [0, 0.05) is 24.7 Å². The molecule has 1 aliphatic carbocycles. The summed E-state index contributed by atoms with van der Waals surface area (Å²) in [7, 11) is 1.55. The number of benzene rings is 1. The summed E-state index contributed by atoms with van der Waals surface area (Å²) in [6.07, 6.45) is 3.12. The summed E-state index contributed by atoms with van der Waals surface area (Å²) in [5, 5.41) is 16.9. The monoisotopic (exact) mass is 311 g/mol. The predicted molar refractivity (Wildman–Crippen MR) is 81.9 cm³/mol. The van der Waals surface area contributed by atoms with E-state index in [1.165, 1.54) is 12.1 Å². The number of nitro benzene ring substituents is 1. The number of hydrogen-bond acceptors (Lipinski definition) is 4. The van der Waals surface area contributed by atoms with Crippen molar-refractivity contribution in [3.8, 4) is 0 Å². The number of nitro groups is 1. The van der Waals surface area contributed by atoms with E-state index in [-0.39, 0.29) is 33.9 Å². The summed E-state index contributed by atoms with van der Waals surface area (Å²) >= 11 is 6.02. The molecule has 0 aliphatic heterocycles. The fourth-order valence-corrected chi connectivity index (χ4v) is 3.04. The number of hydrogen-bond donors (Lipinski definition) is 2. The molecule has 0 spiro atoms. The van der Waals surface area contributed by atoms with Crippen LogP contribution in [0, 0.1) is 16.0 Å². The number of rotatable bonds is 4. The first-order valence-electron chi connectivity index (χ1n) is 6.90. The second-order valence-electron chi connectivity index (χ2n) is 5.35. The summed E-state index contributed by atoms with van der Waals surface area (Å²) in [5.74, 6) is 0.109. The molecule has 7 heteroatoms. The lowest BCUT2D eigenvalue weighted by molar-refractivity contribution is -0.383. The number of carbonyl (C=O) groups is 1. The van der Waals surface area contributed by atoms with Crippen molar-refractivity contribution in [1.82, 2.24) is 5.32 Å². The van der Waals surface area contributed by atoms with E-state index in [2.05, 4.69) is 17.6 Å². The Morgan fingerprint density at radius 3 is 2.67 bits per heavy atom. The van der Waals surface area contributed by atoms with Crippen molar-refractivity contribution in [3.63, 3.8) is 0 Å². The van der Waals surface area contributed by atoms with Crippen LogP contribution in [-0.2, 0) is 0 Å². The highest BCUT2D eigenvalue weighted by Gasteiger charge is 2.26. The van der Waals surface area contributed by atoms with Gasteiger partial charge in [0.1, 0.15) is 5.69 Å². The summed E-state index contributed by atoms with van der Waals surface area (Å²) in [5.41, 5.74) is 0.229. The highest BCUT2D eigenvalue weighted by molar-refractivity contribution is 6.34. The molecule has 0 heterocycles. The second-order valence-corrected chi connectivity index (χ2v) is 5.75. The van der Waals surface area contributed by atoms with Crippen LogP contribution < -0.4 is 10.6 Å². The Kier molecular flexibility index (Phi) is 4.67. The van der Waals surface area contributed by atoms with Gasteiger partial charge in [-0.3, -0.25) is 14.9 Å². The highest BCUT2D eigenvalue weighted by Crippen LogP contribution is 2.33. The van der Waals surface area contributed by atoms with Gasteiger partial charge in [-0.15, -0.1) is 0 Å². The fraction of sp³-hybridized carbons (Fsp3) is 0.500. The van der Waals surface area contributed by atoms with Crippen molar-refractivity contribution in [2.75, 3.05) is 12.4 Å². The van der Waals surface area contributed by atoms with E-state index in [9.17, 15) is 14.9 Å². The Bertz CT molecular complexity index is 577. The molecule has 1 fully saturated rings. The molecule has 21 heavy (non-hydrogen) atoms. The zero-order valence-electron chi connectivity index (χ0n) is 12.0. The van der Waals surface area contributed by atoms with Crippen molar-refractivity contribution < 1.29 is 9.72 Å². The first-order chi connectivity index (χ1) is 9.93. The van der Waals surface area contributed by atoms with Gasteiger partial charge >= 0.3 is 0 Å². The smallest absolute Gasteiger partial charge is 0.294 e. The predicted octanol–water partition coefficient (Wildman–Crippen LogP) is 3.21. The average Bonchev–Trinajstić information content (AvgIpc) is 2.83. The maximum atomic E-state index is 12.3. The van der Waals surface area contributed by atoms with Gasteiger partial charge in [0.2, 0.25) is 0 Å². The van der Waals surface area contributed by atoms with E-state index in [1.807, 2.05) is 0 Å². The maximum Gasteiger partial charge on any atom is 0.294 e. The van der Waals surface area contributed by atoms with E-state index in [4.69, 9.17) is 11.6 Å². The van der Waals surface area contributed by atoms with Gasteiger partial charge in [0.15, 0.2) is 0 Å². The molecule has 6 nitrogen and oxygen atoms in total. The Hall–Kier alpha value is -1.82. The van der Waals surface area contributed by atoms with Crippen molar-refractivity contribution in [2.24, 2.45) is 5.92 Å². The van der Waals surface area contributed by atoms with Crippen LogP contribution in [0.1, 0.15) is 36.5 Å². The summed E-state index contributed by atoms with van der Waals surface area (Å²) in [6, 6.07) is 2.83. The molecular formula is C14H18ClN3O3. The number of carbonyl (C=O) groups excluding carboxylic acids is 1. The van der Waals surface area contributed by atoms with Gasteiger partial charge < -0.3 is 10.6 Å². The van der Waals surface area contributed by atoms with Crippen molar-refractivity contribution >= 4 is 28.9 Å². The van der Waals surface area contributed by atoms with Crippen LogP contribution in [0.3, 0.4) is 0 Å². The van der Waals surface area contributed by atoms with Gasteiger partial charge in [-0.2, -0.15) is 0 Å². The van der Waals surface area contributed by atoms with Gasteiger partial charge in [-0.05, 0) is 24.8 Å². The molecule has 2 unspecified atom stereocenters. The van der Waals surface area contributed by atoms with Crippen molar-refractivity contribution in [2.45, 2.75) is 32.2 Å². The minimum absolute atomic E-state index is 0.124. The SMILES string of the molecule is CNc1c(Cl)cc(C(=O)NC2CCCC2C)cc1[N+](=O)[O-]. The molecule has 0 aromatic heterocycles. The molecular weight excluding hydrogens is 294 g/mol. The van der Waals surface area contributed by atoms with Crippen LogP contribution >= 0.6 is 11.6 Å². The number of nitrogens with zero attached hydrogens (tertiary/aromatic N) is 1. The van der Waals surface area contributed by atoms with E-state index in [1.54, 1.807) is 7.05 Å². The molecule has 1 aromatic rings. The zero-order chi connectivity index (χ0) is 15.6. The topological polar surface area (TPSA) is 84.3 Å². The van der Waals surface area contributed by atoms with Gasteiger partial charge in [-0.1, -0.05) is 24.9 Å². The molecule has 0 radical (unpaired) electrons. The Balaban J connectivity index is 2.27. The van der Waals surface area contributed by atoms with E-state index >= 15 is 0 Å². The molecule has 2 N–H and O–H groups in total. The summed E-state index contributed by atoms with van der Waals surface area (Å²) in [4.78, 5) is 22.8. The largest absolute Gasteiger partial charge is 0.381 e. The number of anilines is 1. The third-order valence-electron chi connectivity index (χ3n) is 3.96. The van der Waals surface area contributed by atoms with Crippen LogP contribution in [0.15, 0.2) is 12.1 Å². The average molecular weight is 312 g/mol. The minimum Gasteiger partial charge on any atom is -0.381 e. The quantitative estimate of drug-likeness (QED) is 0.660. The first-order valence-corrected chi connectivity index (χ1v) is 7.28. The Morgan fingerprint density at radius 2 is 2.14 bits per heavy atom. The summed E-state index contributed by atoms with van der Waals surface area (Å²) < 4.78 is 0. The van der Waals surface area contributed by atoms with Crippen LogP contribution in [0.2, 0.25) is 5.02 Å². The normalized spacial score (nSPS) is 21.1. The highest BCUT2D eigenvalue weighted by atomic mass is 35.5. The third kappa shape index (κ3) is 3.26. The maximum absolute atomic E-state index is 12.3. The Morgan fingerprint density at radius 1 is 1.43 bits per heavy atom. The molecule has 1 aliphatic rings. The lowest BCUT2D eigenvalue weighted by atomic mass is 10.1. The molecule has 0 bridgehead atoms. The summed E-state index contributed by atoms with van der Waals surface area (Å²) in [6.45, 7) is 2.09. The molecule has 2 rings (SSSR count). The lowest BCUT2D eigenvalue weighted by Gasteiger charge is -2.17. The number of amides is 1. The van der Waals surface area contributed by atoms with E-state index < -0.39 is 4.92 Å². The zero-order valence-corrected chi connectivity index (χ0v) is 12.7. The molecule has 114 valence electrons. The van der Waals surface area contributed by atoms with Crippen LogP contribution in [0.25, 0.3) is 0 Å². The molecule has 0 saturated heterocycles. The van der Waals surface area contributed by atoms with Gasteiger partial charge in [-0.25, -0.2) is 0 Å². The third-order valence-corrected chi connectivity index (χ3v) is 4.25.